The quantitative estimate of drug-likeness (QED) is 0.911. The van der Waals surface area contributed by atoms with Crippen LogP contribution < -0.4 is 0 Å². The predicted octanol–water partition coefficient (Wildman–Crippen LogP) is 2.50. The van der Waals surface area contributed by atoms with Crippen molar-refractivity contribution in [2.24, 2.45) is 0 Å². The van der Waals surface area contributed by atoms with Crippen molar-refractivity contribution in [3.8, 4) is 0 Å². The maximum absolute atomic E-state index is 12.9. The van der Waals surface area contributed by atoms with Crippen LogP contribution in [0, 0.1) is 5.82 Å². The van der Waals surface area contributed by atoms with Crippen LogP contribution in [0.15, 0.2) is 24.3 Å². The average Bonchev–Trinajstić information content (AvgIpc) is 2.46. The molecule has 0 spiro atoms. The van der Waals surface area contributed by atoms with E-state index in [2.05, 4.69) is 0 Å². The third-order valence-electron chi connectivity index (χ3n) is 3.31. The average molecular weight is 311 g/mol. The Morgan fingerprint density at radius 3 is 2.64 bits per heavy atom. The number of morpholine rings is 1. The molecule has 2 rings (SSSR count). The number of benzene rings is 1. The highest BCUT2D eigenvalue weighted by Gasteiger charge is 2.32. The number of halogens is 1. The molecule has 1 aromatic carbocycles. The van der Waals surface area contributed by atoms with Gasteiger partial charge in [-0.3, -0.25) is 0 Å². The first kappa shape index (κ1) is 16.7. The molecule has 1 heterocycles. The van der Waals surface area contributed by atoms with E-state index < -0.39 is 23.9 Å². The van der Waals surface area contributed by atoms with E-state index in [0.717, 1.165) is 0 Å². The molecule has 1 aromatic rings. The van der Waals surface area contributed by atoms with Crippen LogP contribution in [-0.4, -0.2) is 47.5 Å². The summed E-state index contributed by atoms with van der Waals surface area (Å²) in [6, 6.07) is 5.59. The molecule has 1 aliphatic heterocycles. The van der Waals surface area contributed by atoms with Crippen LogP contribution in [0.5, 0.6) is 0 Å². The SMILES string of the molecule is CC(C)(C)OC(=O)N1CCOC(C(O)c2ccc(F)cc2)C1. The summed E-state index contributed by atoms with van der Waals surface area (Å²) in [6.07, 6.45) is -1.91. The first-order chi connectivity index (χ1) is 10.3. The van der Waals surface area contributed by atoms with E-state index in [4.69, 9.17) is 9.47 Å². The zero-order valence-corrected chi connectivity index (χ0v) is 13.1. The molecule has 0 aliphatic carbocycles. The van der Waals surface area contributed by atoms with Gasteiger partial charge in [0.25, 0.3) is 0 Å². The number of aliphatic hydroxyl groups is 1. The first-order valence-electron chi connectivity index (χ1n) is 7.29. The van der Waals surface area contributed by atoms with E-state index in [1.165, 1.54) is 29.2 Å². The van der Waals surface area contributed by atoms with Crippen molar-refractivity contribution in [2.45, 2.75) is 38.6 Å². The van der Waals surface area contributed by atoms with Crippen molar-refractivity contribution < 1.29 is 23.8 Å². The van der Waals surface area contributed by atoms with Crippen molar-refractivity contribution in [1.29, 1.82) is 0 Å². The van der Waals surface area contributed by atoms with Crippen molar-refractivity contribution >= 4 is 6.09 Å². The fourth-order valence-electron chi connectivity index (χ4n) is 2.23. The van der Waals surface area contributed by atoms with Crippen LogP contribution in [-0.2, 0) is 9.47 Å². The highest BCUT2D eigenvalue weighted by molar-refractivity contribution is 5.68. The Morgan fingerprint density at radius 1 is 1.41 bits per heavy atom. The lowest BCUT2D eigenvalue weighted by Gasteiger charge is -2.36. The topological polar surface area (TPSA) is 59.0 Å². The van der Waals surface area contributed by atoms with Gasteiger partial charge in [0.1, 0.15) is 23.6 Å². The molecule has 1 N–H and O–H groups in total. The molecular formula is C16H22FNO4. The van der Waals surface area contributed by atoms with Crippen LogP contribution >= 0.6 is 0 Å². The van der Waals surface area contributed by atoms with Gasteiger partial charge in [-0.15, -0.1) is 0 Å². The Bertz CT molecular complexity index is 512. The van der Waals surface area contributed by atoms with Gasteiger partial charge in [0.2, 0.25) is 0 Å². The summed E-state index contributed by atoms with van der Waals surface area (Å²) in [5, 5.41) is 10.3. The summed E-state index contributed by atoms with van der Waals surface area (Å²) in [5.74, 6) is -0.365. The number of carbonyl (C=O) groups excluding carboxylic acids is 1. The lowest BCUT2D eigenvalue weighted by atomic mass is 10.0. The van der Waals surface area contributed by atoms with Crippen LogP contribution in [0.2, 0.25) is 0 Å². The molecule has 0 aromatic heterocycles. The molecule has 6 heteroatoms. The van der Waals surface area contributed by atoms with Gasteiger partial charge >= 0.3 is 6.09 Å². The lowest BCUT2D eigenvalue weighted by Crippen LogP contribution is -2.49. The minimum Gasteiger partial charge on any atom is -0.444 e. The van der Waals surface area contributed by atoms with Crippen molar-refractivity contribution in [3.63, 3.8) is 0 Å². The van der Waals surface area contributed by atoms with E-state index >= 15 is 0 Å². The summed E-state index contributed by atoms with van der Waals surface area (Å²) < 4.78 is 23.8. The van der Waals surface area contributed by atoms with Crippen molar-refractivity contribution in [1.82, 2.24) is 4.90 Å². The van der Waals surface area contributed by atoms with E-state index in [9.17, 15) is 14.3 Å². The van der Waals surface area contributed by atoms with Gasteiger partial charge in [0, 0.05) is 6.54 Å². The van der Waals surface area contributed by atoms with Gasteiger partial charge in [-0.25, -0.2) is 9.18 Å². The molecule has 0 bridgehead atoms. The number of carbonyl (C=O) groups is 1. The van der Waals surface area contributed by atoms with Gasteiger partial charge < -0.3 is 19.5 Å². The predicted molar refractivity (Wildman–Crippen MR) is 78.9 cm³/mol. The zero-order chi connectivity index (χ0) is 16.3. The highest BCUT2D eigenvalue weighted by atomic mass is 19.1. The molecule has 2 unspecified atom stereocenters. The number of hydrogen-bond acceptors (Lipinski definition) is 4. The third kappa shape index (κ3) is 4.42. The summed E-state index contributed by atoms with van der Waals surface area (Å²) >= 11 is 0. The number of ether oxygens (including phenoxy) is 2. The monoisotopic (exact) mass is 311 g/mol. The Morgan fingerprint density at radius 2 is 2.05 bits per heavy atom. The number of aliphatic hydroxyl groups excluding tert-OH is 1. The lowest BCUT2D eigenvalue weighted by molar-refractivity contribution is -0.0908. The van der Waals surface area contributed by atoms with E-state index in [1.807, 2.05) is 0 Å². The third-order valence-corrected chi connectivity index (χ3v) is 3.31. The Kier molecular flexibility index (Phi) is 5.03. The standard InChI is InChI=1S/C16H22FNO4/c1-16(2,3)22-15(20)18-8-9-21-13(10-18)14(19)11-4-6-12(17)7-5-11/h4-7,13-14,19H,8-10H2,1-3H3. The smallest absolute Gasteiger partial charge is 0.410 e. The molecule has 1 amide bonds. The molecule has 0 saturated carbocycles. The van der Waals surface area contributed by atoms with Gasteiger partial charge in [-0.05, 0) is 38.5 Å². The van der Waals surface area contributed by atoms with E-state index in [1.54, 1.807) is 20.8 Å². The molecule has 1 fully saturated rings. The minimum absolute atomic E-state index is 0.230. The first-order valence-corrected chi connectivity index (χ1v) is 7.29. The Balaban J connectivity index is 2.00. The molecule has 122 valence electrons. The molecule has 5 nitrogen and oxygen atoms in total. The number of rotatable bonds is 2. The molecule has 1 aliphatic rings. The number of nitrogens with zero attached hydrogens (tertiary/aromatic N) is 1. The van der Waals surface area contributed by atoms with Crippen molar-refractivity contribution in [3.05, 3.63) is 35.6 Å². The maximum atomic E-state index is 12.9. The summed E-state index contributed by atoms with van der Waals surface area (Å²) in [5.41, 5.74) is -0.0158. The van der Waals surface area contributed by atoms with Crippen LogP contribution in [0.1, 0.15) is 32.4 Å². The molecule has 0 radical (unpaired) electrons. The minimum atomic E-state index is -0.925. The second kappa shape index (κ2) is 6.62. The fourth-order valence-corrected chi connectivity index (χ4v) is 2.23. The number of amides is 1. The second-order valence-corrected chi connectivity index (χ2v) is 6.33. The van der Waals surface area contributed by atoms with Gasteiger partial charge in [-0.1, -0.05) is 12.1 Å². The van der Waals surface area contributed by atoms with Crippen LogP contribution in [0.25, 0.3) is 0 Å². The molecule has 1 saturated heterocycles. The van der Waals surface area contributed by atoms with Crippen molar-refractivity contribution in [2.75, 3.05) is 19.7 Å². The molecular weight excluding hydrogens is 289 g/mol. The van der Waals surface area contributed by atoms with Crippen LogP contribution in [0.3, 0.4) is 0 Å². The van der Waals surface area contributed by atoms with Gasteiger partial charge in [0.05, 0.1) is 13.2 Å². The second-order valence-electron chi connectivity index (χ2n) is 6.33. The largest absolute Gasteiger partial charge is 0.444 e. The van der Waals surface area contributed by atoms with Crippen LogP contribution in [0.4, 0.5) is 9.18 Å². The fraction of sp³-hybridized carbons (Fsp3) is 0.562. The summed E-state index contributed by atoms with van der Waals surface area (Å²) in [6.45, 7) is 6.37. The van der Waals surface area contributed by atoms with E-state index in [0.29, 0.717) is 18.7 Å². The normalized spacial score (nSPS) is 20.6. The van der Waals surface area contributed by atoms with Gasteiger partial charge in [0.15, 0.2) is 0 Å². The molecule has 22 heavy (non-hydrogen) atoms. The zero-order valence-electron chi connectivity index (χ0n) is 13.1. The van der Waals surface area contributed by atoms with Gasteiger partial charge in [-0.2, -0.15) is 0 Å². The highest BCUT2D eigenvalue weighted by Crippen LogP contribution is 2.23. The maximum Gasteiger partial charge on any atom is 0.410 e. The molecule has 2 atom stereocenters. The number of hydrogen-bond donors (Lipinski definition) is 1. The Labute approximate surface area is 129 Å². The van der Waals surface area contributed by atoms with E-state index in [-0.39, 0.29) is 12.4 Å². The summed E-state index contributed by atoms with van der Waals surface area (Å²) in [7, 11) is 0. The summed E-state index contributed by atoms with van der Waals surface area (Å²) in [4.78, 5) is 13.6. The Hall–Kier alpha value is -1.66.